The number of nitrogens with zero attached hydrogens (tertiary/aromatic N) is 1. The van der Waals surface area contributed by atoms with E-state index >= 15 is 0 Å². The van der Waals surface area contributed by atoms with Crippen molar-refractivity contribution in [2.45, 2.75) is 44.8 Å². The number of phenolic OH excluding ortho intramolecular Hbond substituents is 2. The first-order valence-electron chi connectivity index (χ1n) is 9.61. The van der Waals surface area contributed by atoms with Gasteiger partial charge in [0.15, 0.2) is 11.5 Å². The molecule has 2 amide bonds. The molecule has 2 aromatic rings. The summed E-state index contributed by atoms with van der Waals surface area (Å²) in [7, 11) is 0. The molecule has 2 unspecified atom stereocenters. The van der Waals surface area contributed by atoms with Crippen LogP contribution in [0.15, 0.2) is 34.7 Å². The number of piperazine rings is 1. The average Bonchev–Trinajstić information content (AvgIpc) is 3.16. The summed E-state index contributed by atoms with van der Waals surface area (Å²) >= 11 is 1.62. The van der Waals surface area contributed by atoms with Gasteiger partial charge in [-0.3, -0.25) is 9.59 Å². The van der Waals surface area contributed by atoms with Gasteiger partial charge in [0, 0.05) is 12.8 Å². The molecule has 2 heterocycles. The molecule has 3 N–H and O–H groups in total. The van der Waals surface area contributed by atoms with Crippen molar-refractivity contribution in [2.75, 3.05) is 12.0 Å². The maximum atomic E-state index is 13.2. The Balaban J connectivity index is 1.86. The van der Waals surface area contributed by atoms with Crippen LogP contribution in [-0.2, 0) is 29.0 Å². The summed E-state index contributed by atoms with van der Waals surface area (Å²) in [5.41, 5.74) is 0.648. The fraction of sp³-hybridized carbons (Fsp3) is 0.429. The van der Waals surface area contributed by atoms with Gasteiger partial charge >= 0.3 is 0 Å². The first-order chi connectivity index (χ1) is 13.9. The van der Waals surface area contributed by atoms with Crippen LogP contribution in [0.25, 0.3) is 0 Å². The van der Waals surface area contributed by atoms with Crippen molar-refractivity contribution in [3.63, 3.8) is 0 Å². The van der Waals surface area contributed by atoms with E-state index in [1.165, 1.54) is 12.1 Å². The number of hydrogen-bond donors (Lipinski definition) is 3. The van der Waals surface area contributed by atoms with E-state index < -0.39 is 12.1 Å². The number of amides is 2. The Morgan fingerprint density at radius 1 is 1.14 bits per heavy atom. The Kier molecular flexibility index (Phi) is 6.74. The zero-order valence-corrected chi connectivity index (χ0v) is 17.4. The molecule has 0 spiro atoms. The Morgan fingerprint density at radius 2 is 1.90 bits per heavy atom. The molecule has 0 radical (unpaired) electrons. The molecule has 1 aromatic carbocycles. The van der Waals surface area contributed by atoms with Crippen LogP contribution in [0.1, 0.15) is 30.4 Å². The van der Waals surface area contributed by atoms with Crippen LogP contribution in [0.5, 0.6) is 11.5 Å². The molecule has 0 aliphatic carbocycles. The molecular formula is C21H26N2O5S. The van der Waals surface area contributed by atoms with Gasteiger partial charge < -0.3 is 24.8 Å². The number of aromatic hydroxyl groups is 2. The lowest BCUT2D eigenvalue weighted by molar-refractivity contribution is -0.150. The van der Waals surface area contributed by atoms with Gasteiger partial charge in [0.05, 0.1) is 6.54 Å². The molecule has 8 heteroatoms. The normalized spacial score (nSPS) is 19.4. The molecule has 29 heavy (non-hydrogen) atoms. The number of carbonyl (C=O) groups excluding carboxylic acids is 2. The molecule has 1 aromatic heterocycles. The predicted octanol–water partition coefficient (Wildman–Crippen LogP) is 2.44. The number of phenols is 2. The molecule has 1 saturated heterocycles. The molecule has 1 aliphatic rings. The lowest BCUT2D eigenvalue weighted by Crippen LogP contribution is -2.63. The topological polar surface area (TPSA) is 103 Å². The van der Waals surface area contributed by atoms with Crippen LogP contribution in [0.4, 0.5) is 0 Å². The van der Waals surface area contributed by atoms with Crippen molar-refractivity contribution in [3.8, 4) is 11.5 Å². The van der Waals surface area contributed by atoms with Gasteiger partial charge in [-0.1, -0.05) is 13.0 Å². The highest BCUT2D eigenvalue weighted by Crippen LogP contribution is 2.27. The van der Waals surface area contributed by atoms with E-state index in [9.17, 15) is 19.8 Å². The summed E-state index contributed by atoms with van der Waals surface area (Å²) in [4.78, 5) is 27.6. The van der Waals surface area contributed by atoms with E-state index in [2.05, 4.69) is 5.32 Å². The number of rotatable bonds is 8. The second-order valence-electron chi connectivity index (χ2n) is 7.07. The summed E-state index contributed by atoms with van der Waals surface area (Å²) in [5.74, 6) is 1.37. The SMILES string of the molecule is CCc1ccc(CN2C(=O)C(CCSC)NC(=O)C2Cc2ccc(O)c(O)c2)o1. The molecule has 3 rings (SSSR count). The van der Waals surface area contributed by atoms with Gasteiger partial charge in [0.25, 0.3) is 0 Å². The molecule has 0 saturated carbocycles. The van der Waals surface area contributed by atoms with Gasteiger partial charge in [-0.2, -0.15) is 11.8 Å². The van der Waals surface area contributed by atoms with E-state index in [0.29, 0.717) is 17.7 Å². The van der Waals surface area contributed by atoms with Crippen LogP contribution in [-0.4, -0.2) is 51.0 Å². The summed E-state index contributed by atoms with van der Waals surface area (Å²) in [6.45, 7) is 2.19. The van der Waals surface area contributed by atoms with Crippen molar-refractivity contribution < 1.29 is 24.2 Å². The largest absolute Gasteiger partial charge is 0.504 e. The maximum Gasteiger partial charge on any atom is 0.246 e. The molecule has 0 bridgehead atoms. The zero-order chi connectivity index (χ0) is 21.0. The fourth-order valence-corrected chi connectivity index (χ4v) is 3.90. The van der Waals surface area contributed by atoms with Crippen LogP contribution >= 0.6 is 11.8 Å². The fourth-order valence-electron chi connectivity index (χ4n) is 3.43. The lowest BCUT2D eigenvalue weighted by atomic mass is 9.98. The lowest BCUT2D eigenvalue weighted by Gasteiger charge is -2.38. The van der Waals surface area contributed by atoms with Gasteiger partial charge in [-0.05, 0) is 48.3 Å². The van der Waals surface area contributed by atoms with Crippen LogP contribution in [0.3, 0.4) is 0 Å². The Morgan fingerprint density at radius 3 is 2.55 bits per heavy atom. The van der Waals surface area contributed by atoms with Crippen molar-refractivity contribution in [3.05, 3.63) is 47.4 Å². The second kappa shape index (κ2) is 9.26. The van der Waals surface area contributed by atoms with Gasteiger partial charge in [0.1, 0.15) is 23.6 Å². The third-order valence-corrected chi connectivity index (χ3v) is 5.69. The minimum absolute atomic E-state index is 0.138. The highest BCUT2D eigenvalue weighted by atomic mass is 32.2. The number of thioether (sulfide) groups is 1. The quantitative estimate of drug-likeness (QED) is 0.569. The summed E-state index contributed by atoms with van der Waals surface area (Å²) < 4.78 is 5.77. The standard InChI is InChI=1S/C21H26N2O5S/c1-3-14-5-6-15(28-14)12-23-17(10-13-4-7-18(24)19(25)11-13)20(26)22-16(21(23)27)8-9-29-2/h4-7,11,16-17,24-25H,3,8-10,12H2,1-2H3,(H,22,26). The molecular weight excluding hydrogens is 392 g/mol. The number of furan rings is 1. The monoisotopic (exact) mass is 418 g/mol. The van der Waals surface area contributed by atoms with E-state index in [1.807, 2.05) is 25.3 Å². The first kappa shape index (κ1) is 21.1. The molecule has 156 valence electrons. The molecule has 2 atom stereocenters. The maximum absolute atomic E-state index is 13.2. The summed E-state index contributed by atoms with van der Waals surface area (Å²) in [6.07, 6.45) is 3.50. The smallest absolute Gasteiger partial charge is 0.246 e. The van der Waals surface area contributed by atoms with Gasteiger partial charge in [0.2, 0.25) is 11.8 Å². The van der Waals surface area contributed by atoms with Crippen molar-refractivity contribution in [2.24, 2.45) is 0 Å². The predicted molar refractivity (Wildman–Crippen MR) is 111 cm³/mol. The minimum Gasteiger partial charge on any atom is -0.504 e. The highest BCUT2D eigenvalue weighted by Gasteiger charge is 2.40. The van der Waals surface area contributed by atoms with Crippen LogP contribution < -0.4 is 5.32 Å². The average molecular weight is 419 g/mol. The van der Waals surface area contributed by atoms with Crippen LogP contribution in [0.2, 0.25) is 0 Å². The van der Waals surface area contributed by atoms with Crippen molar-refractivity contribution >= 4 is 23.6 Å². The zero-order valence-electron chi connectivity index (χ0n) is 16.6. The molecule has 1 aliphatic heterocycles. The number of carbonyl (C=O) groups is 2. The molecule has 1 fully saturated rings. The van der Waals surface area contributed by atoms with E-state index in [-0.39, 0.29) is 36.3 Å². The number of hydrogen-bond acceptors (Lipinski definition) is 6. The summed E-state index contributed by atoms with van der Waals surface area (Å²) in [5, 5.41) is 22.1. The number of benzene rings is 1. The number of aryl methyl sites for hydroxylation is 1. The van der Waals surface area contributed by atoms with E-state index in [0.717, 1.165) is 17.9 Å². The second-order valence-corrected chi connectivity index (χ2v) is 8.06. The third-order valence-electron chi connectivity index (χ3n) is 5.05. The van der Waals surface area contributed by atoms with Gasteiger partial charge in [-0.15, -0.1) is 0 Å². The third kappa shape index (κ3) is 4.87. The molecule has 7 nitrogen and oxygen atoms in total. The Bertz CT molecular complexity index is 882. The van der Waals surface area contributed by atoms with E-state index in [4.69, 9.17) is 4.42 Å². The van der Waals surface area contributed by atoms with Crippen LogP contribution in [0, 0.1) is 0 Å². The van der Waals surface area contributed by atoms with Gasteiger partial charge in [-0.25, -0.2) is 0 Å². The number of nitrogens with one attached hydrogen (secondary N) is 1. The van der Waals surface area contributed by atoms with E-state index in [1.54, 1.807) is 22.7 Å². The minimum atomic E-state index is -0.729. The Labute approximate surface area is 174 Å². The first-order valence-corrected chi connectivity index (χ1v) is 11.0. The Hall–Kier alpha value is -2.61. The van der Waals surface area contributed by atoms with Crippen molar-refractivity contribution in [1.82, 2.24) is 10.2 Å². The van der Waals surface area contributed by atoms with Crippen molar-refractivity contribution in [1.29, 1.82) is 0 Å². The highest BCUT2D eigenvalue weighted by molar-refractivity contribution is 7.98. The summed E-state index contributed by atoms with van der Waals surface area (Å²) in [6, 6.07) is 6.84.